The summed E-state index contributed by atoms with van der Waals surface area (Å²) in [4.78, 5) is 11.9. The van der Waals surface area contributed by atoms with E-state index in [-0.39, 0.29) is 18.5 Å². The van der Waals surface area contributed by atoms with Gasteiger partial charge in [0.15, 0.2) is 6.61 Å². The summed E-state index contributed by atoms with van der Waals surface area (Å²) >= 11 is 3.41. The summed E-state index contributed by atoms with van der Waals surface area (Å²) in [7, 11) is 0. The molecule has 0 aliphatic rings. The fourth-order valence-corrected chi connectivity index (χ4v) is 2.81. The molecule has 0 saturated heterocycles. The van der Waals surface area contributed by atoms with Crippen LogP contribution < -0.4 is 0 Å². The fraction of sp³-hybridized carbons (Fsp3) is 0.211. The maximum Gasteiger partial charge on any atom is 0.306 e. The van der Waals surface area contributed by atoms with Crippen LogP contribution in [0.15, 0.2) is 57.4 Å². The first-order chi connectivity index (χ1) is 12.1. The predicted octanol–water partition coefficient (Wildman–Crippen LogP) is 4.48. The highest BCUT2D eigenvalue weighted by Gasteiger charge is 2.11. The number of rotatable bonds is 6. The minimum atomic E-state index is -0.296. The first kappa shape index (κ1) is 17.4. The molecule has 0 unspecified atom stereocenters. The molecule has 0 N–H and O–H groups in total. The molecule has 0 atom stereocenters. The van der Waals surface area contributed by atoms with Gasteiger partial charge in [-0.2, -0.15) is 0 Å². The monoisotopic (exact) mass is 400 g/mol. The van der Waals surface area contributed by atoms with Crippen LogP contribution in [0.3, 0.4) is 0 Å². The Labute approximate surface area is 154 Å². The molecule has 0 radical (unpaired) electrons. The SMILES string of the molecule is Cc1cccc(-c2nnc(COC(=O)CCc3cccc(Br)c3)o2)c1. The summed E-state index contributed by atoms with van der Waals surface area (Å²) in [6.45, 7) is 1.98. The molecule has 3 aromatic rings. The number of ether oxygens (including phenoxy) is 1. The summed E-state index contributed by atoms with van der Waals surface area (Å²) in [5.74, 6) is 0.409. The summed E-state index contributed by atoms with van der Waals surface area (Å²) < 4.78 is 11.7. The molecule has 6 heteroatoms. The smallest absolute Gasteiger partial charge is 0.306 e. The minimum absolute atomic E-state index is 0.0177. The van der Waals surface area contributed by atoms with Gasteiger partial charge in [0, 0.05) is 16.5 Å². The topological polar surface area (TPSA) is 65.2 Å². The molecule has 0 fully saturated rings. The normalized spacial score (nSPS) is 10.6. The van der Waals surface area contributed by atoms with E-state index in [0.29, 0.717) is 18.7 Å². The van der Waals surface area contributed by atoms with E-state index < -0.39 is 0 Å². The van der Waals surface area contributed by atoms with Gasteiger partial charge in [0.25, 0.3) is 5.89 Å². The Kier molecular flexibility index (Phi) is 5.60. The predicted molar refractivity (Wildman–Crippen MR) is 96.7 cm³/mol. The van der Waals surface area contributed by atoms with E-state index in [2.05, 4.69) is 26.1 Å². The van der Waals surface area contributed by atoms with Crippen molar-refractivity contribution in [2.45, 2.75) is 26.4 Å². The average Bonchev–Trinajstić information content (AvgIpc) is 3.07. The fourth-order valence-electron chi connectivity index (χ4n) is 2.36. The number of carbonyl (C=O) groups excluding carboxylic acids is 1. The van der Waals surface area contributed by atoms with Crippen LogP contribution in [0.2, 0.25) is 0 Å². The van der Waals surface area contributed by atoms with Crippen molar-refractivity contribution in [3.8, 4) is 11.5 Å². The van der Waals surface area contributed by atoms with Crippen LogP contribution in [0.1, 0.15) is 23.4 Å². The highest BCUT2D eigenvalue weighted by Crippen LogP contribution is 2.19. The lowest BCUT2D eigenvalue weighted by Gasteiger charge is -2.03. The lowest BCUT2D eigenvalue weighted by Crippen LogP contribution is -2.06. The van der Waals surface area contributed by atoms with Crippen LogP contribution in [0, 0.1) is 6.92 Å². The third-order valence-corrected chi connectivity index (χ3v) is 4.09. The number of aromatic nitrogens is 2. The lowest BCUT2D eigenvalue weighted by molar-refractivity contribution is -0.145. The lowest BCUT2D eigenvalue weighted by atomic mass is 10.1. The number of carbonyl (C=O) groups is 1. The van der Waals surface area contributed by atoms with Gasteiger partial charge in [-0.05, 0) is 43.2 Å². The van der Waals surface area contributed by atoms with Gasteiger partial charge in [-0.3, -0.25) is 4.79 Å². The van der Waals surface area contributed by atoms with Gasteiger partial charge >= 0.3 is 5.97 Å². The van der Waals surface area contributed by atoms with Gasteiger partial charge in [0.05, 0.1) is 0 Å². The van der Waals surface area contributed by atoms with E-state index in [9.17, 15) is 4.79 Å². The van der Waals surface area contributed by atoms with Gasteiger partial charge in [-0.25, -0.2) is 0 Å². The first-order valence-electron chi connectivity index (χ1n) is 7.89. The van der Waals surface area contributed by atoms with Crippen LogP contribution in [0.5, 0.6) is 0 Å². The van der Waals surface area contributed by atoms with Crippen molar-refractivity contribution in [2.75, 3.05) is 0 Å². The number of nitrogens with zero attached hydrogens (tertiary/aromatic N) is 2. The van der Waals surface area contributed by atoms with Crippen molar-refractivity contribution in [1.29, 1.82) is 0 Å². The molecule has 1 aromatic heterocycles. The Balaban J connectivity index is 1.51. The van der Waals surface area contributed by atoms with Crippen LogP contribution in [0.25, 0.3) is 11.5 Å². The van der Waals surface area contributed by atoms with E-state index in [1.165, 1.54) is 0 Å². The molecule has 1 heterocycles. The molecule has 0 bridgehead atoms. The Bertz CT molecular complexity index is 876. The summed E-state index contributed by atoms with van der Waals surface area (Å²) in [5.41, 5.74) is 3.03. The standard InChI is InChI=1S/C19H17BrN2O3/c1-13-4-2-6-15(10-13)19-22-21-17(25-19)12-24-18(23)9-8-14-5-3-7-16(20)11-14/h2-7,10-11H,8-9,12H2,1H3. The summed E-state index contributed by atoms with van der Waals surface area (Å²) in [5, 5.41) is 7.92. The van der Waals surface area contributed by atoms with Gasteiger partial charge in [0.1, 0.15) is 0 Å². The van der Waals surface area contributed by atoms with Crippen molar-refractivity contribution in [3.05, 3.63) is 70.0 Å². The highest BCUT2D eigenvalue weighted by atomic mass is 79.9. The molecular formula is C19H17BrN2O3. The Morgan fingerprint density at radius 3 is 2.80 bits per heavy atom. The van der Waals surface area contributed by atoms with Gasteiger partial charge < -0.3 is 9.15 Å². The number of hydrogen-bond donors (Lipinski definition) is 0. The van der Waals surface area contributed by atoms with Gasteiger partial charge in [-0.15, -0.1) is 10.2 Å². The molecule has 0 spiro atoms. The average molecular weight is 401 g/mol. The Morgan fingerprint density at radius 2 is 2.00 bits per heavy atom. The number of benzene rings is 2. The quantitative estimate of drug-likeness (QED) is 0.570. The first-order valence-corrected chi connectivity index (χ1v) is 8.69. The van der Waals surface area contributed by atoms with Crippen LogP contribution in [-0.4, -0.2) is 16.2 Å². The molecule has 128 valence electrons. The van der Waals surface area contributed by atoms with Gasteiger partial charge in [-0.1, -0.05) is 45.8 Å². The van der Waals surface area contributed by atoms with Crippen molar-refractivity contribution in [3.63, 3.8) is 0 Å². The van der Waals surface area contributed by atoms with E-state index in [4.69, 9.17) is 9.15 Å². The minimum Gasteiger partial charge on any atom is -0.456 e. The van der Waals surface area contributed by atoms with Crippen LogP contribution in [0.4, 0.5) is 0 Å². The zero-order valence-electron chi connectivity index (χ0n) is 13.7. The molecule has 25 heavy (non-hydrogen) atoms. The Morgan fingerprint density at radius 1 is 1.16 bits per heavy atom. The number of halogens is 1. The molecule has 3 rings (SSSR count). The maximum absolute atomic E-state index is 11.9. The third-order valence-electron chi connectivity index (χ3n) is 3.60. The third kappa shape index (κ3) is 5.00. The molecular weight excluding hydrogens is 384 g/mol. The van der Waals surface area contributed by atoms with Crippen LogP contribution in [-0.2, 0) is 22.6 Å². The zero-order chi connectivity index (χ0) is 17.6. The summed E-state index contributed by atoms with van der Waals surface area (Å²) in [6.07, 6.45) is 0.923. The van der Waals surface area contributed by atoms with E-state index in [1.807, 2.05) is 55.5 Å². The van der Waals surface area contributed by atoms with Crippen LogP contribution >= 0.6 is 15.9 Å². The van der Waals surface area contributed by atoms with Crippen molar-refractivity contribution in [2.24, 2.45) is 0 Å². The maximum atomic E-state index is 11.9. The number of aryl methyl sites for hydroxylation is 2. The van der Waals surface area contributed by atoms with Crippen molar-refractivity contribution >= 4 is 21.9 Å². The number of hydrogen-bond acceptors (Lipinski definition) is 5. The van der Waals surface area contributed by atoms with E-state index in [1.54, 1.807) is 0 Å². The molecule has 0 aliphatic heterocycles. The Hall–Kier alpha value is -2.47. The summed E-state index contributed by atoms with van der Waals surface area (Å²) in [6, 6.07) is 15.6. The molecule has 2 aromatic carbocycles. The van der Waals surface area contributed by atoms with E-state index >= 15 is 0 Å². The zero-order valence-corrected chi connectivity index (χ0v) is 15.3. The largest absolute Gasteiger partial charge is 0.456 e. The van der Waals surface area contributed by atoms with Crippen molar-refractivity contribution < 1.29 is 13.9 Å². The molecule has 0 amide bonds. The number of esters is 1. The second kappa shape index (κ2) is 8.07. The van der Waals surface area contributed by atoms with Crippen molar-refractivity contribution in [1.82, 2.24) is 10.2 Å². The second-order valence-electron chi connectivity index (χ2n) is 5.66. The molecule has 0 aliphatic carbocycles. The van der Waals surface area contributed by atoms with E-state index in [0.717, 1.165) is 21.2 Å². The highest BCUT2D eigenvalue weighted by molar-refractivity contribution is 9.10. The molecule has 0 saturated carbocycles. The van der Waals surface area contributed by atoms with Gasteiger partial charge in [0.2, 0.25) is 5.89 Å². The second-order valence-corrected chi connectivity index (χ2v) is 6.58. The molecule has 5 nitrogen and oxygen atoms in total.